The van der Waals surface area contributed by atoms with Crippen molar-refractivity contribution in [1.29, 1.82) is 0 Å². The lowest BCUT2D eigenvalue weighted by molar-refractivity contribution is 0.0762. The van der Waals surface area contributed by atoms with E-state index >= 15 is 0 Å². The van der Waals surface area contributed by atoms with Crippen molar-refractivity contribution in [2.45, 2.75) is 13.0 Å². The van der Waals surface area contributed by atoms with Crippen LogP contribution >= 0.6 is 0 Å². The van der Waals surface area contributed by atoms with Crippen molar-refractivity contribution < 1.29 is 4.79 Å². The number of likely N-dealkylation sites (tertiary alicyclic amines) is 2. The highest BCUT2D eigenvalue weighted by molar-refractivity contribution is 5.95. The van der Waals surface area contributed by atoms with Gasteiger partial charge in [-0.25, -0.2) is 4.98 Å². The van der Waals surface area contributed by atoms with Gasteiger partial charge in [0.15, 0.2) is 0 Å². The van der Waals surface area contributed by atoms with E-state index in [-0.39, 0.29) is 5.91 Å². The van der Waals surface area contributed by atoms with Gasteiger partial charge < -0.3 is 4.90 Å². The second-order valence-corrected chi connectivity index (χ2v) is 8.26. The summed E-state index contributed by atoms with van der Waals surface area (Å²) in [5.41, 5.74) is 4.17. The van der Waals surface area contributed by atoms with Gasteiger partial charge in [0.25, 0.3) is 5.91 Å². The van der Waals surface area contributed by atoms with Crippen LogP contribution < -0.4 is 0 Å². The van der Waals surface area contributed by atoms with E-state index in [0.29, 0.717) is 23.6 Å². The van der Waals surface area contributed by atoms with E-state index in [0.717, 1.165) is 30.5 Å². The Balaban J connectivity index is 1.40. The number of carbonyl (C=O) groups excluding carboxylic acids is 1. The van der Waals surface area contributed by atoms with Gasteiger partial charge in [0.1, 0.15) is 5.69 Å². The summed E-state index contributed by atoms with van der Waals surface area (Å²) in [6, 6.07) is 20.9. The summed E-state index contributed by atoms with van der Waals surface area (Å²) in [5, 5.41) is 1.07. The molecule has 3 atom stereocenters. The SMILES string of the molecule is Cc1ccccc1[C@@H]1[C@@H]2CN(C(=O)c3ccc4ccccc4n3)C[C@@H]2CN1C. The number of nitrogens with zero attached hydrogens (tertiary/aromatic N) is 3. The minimum atomic E-state index is 0.0614. The predicted molar refractivity (Wildman–Crippen MR) is 111 cm³/mol. The number of para-hydroxylation sites is 1. The van der Waals surface area contributed by atoms with Gasteiger partial charge in [-0.05, 0) is 43.1 Å². The number of carbonyl (C=O) groups is 1. The Hall–Kier alpha value is -2.72. The third-order valence-electron chi connectivity index (χ3n) is 6.51. The minimum Gasteiger partial charge on any atom is -0.337 e. The zero-order valence-corrected chi connectivity index (χ0v) is 16.4. The highest BCUT2D eigenvalue weighted by atomic mass is 16.2. The van der Waals surface area contributed by atoms with E-state index in [1.807, 2.05) is 41.3 Å². The fourth-order valence-electron chi connectivity index (χ4n) is 5.16. The van der Waals surface area contributed by atoms with Gasteiger partial charge in [0, 0.05) is 37.0 Å². The molecule has 142 valence electrons. The normalized spacial score (nSPS) is 24.6. The summed E-state index contributed by atoms with van der Waals surface area (Å²) < 4.78 is 0. The van der Waals surface area contributed by atoms with Crippen LogP contribution in [0.4, 0.5) is 0 Å². The number of fused-ring (bicyclic) bond motifs is 2. The Morgan fingerprint density at radius 3 is 2.61 bits per heavy atom. The molecule has 4 nitrogen and oxygen atoms in total. The molecule has 0 unspecified atom stereocenters. The lowest BCUT2D eigenvalue weighted by Crippen LogP contribution is -2.34. The van der Waals surface area contributed by atoms with Crippen LogP contribution in [0.2, 0.25) is 0 Å². The van der Waals surface area contributed by atoms with Gasteiger partial charge in [-0.2, -0.15) is 0 Å². The molecule has 2 aliphatic rings. The van der Waals surface area contributed by atoms with Gasteiger partial charge in [0.2, 0.25) is 0 Å². The molecule has 1 amide bonds. The largest absolute Gasteiger partial charge is 0.337 e. The summed E-state index contributed by atoms with van der Waals surface area (Å²) in [4.78, 5) is 22.3. The third kappa shape index (κ3) is 2.80. The predicted octanol–water partition coefficient (Wildman–Crippen LogP) is 3.92. The van der Waals surface area contributed by atoms with Gasteiger partial charge in [0.05, 0.1) is 5.52 Å². The Kier molecular flexibility index (Phi) is 4.17. The lowest BCUT2D eigenvalue weighted by atomic mass is 9.88. The highest BCUT2D eigenvalue weighted by Gasteiger charge is 2.47. The lowest BCUT2D eigenvalue weighted by Gasteiger charge is -2.28. The number of hydrogen-bond donors (Lipinski definition) is 0. The molecule has 2 aliphatic heterocycles. The van der Waals surface area contributed by atoms with Crippen LogP contribution in [0.25, 0.3) is 10.9 Å². The third-order valence-corrected chi connectivity index (χ3v) is 6.51. The van der Waals surface area contributed by atoms with E-state index in [2.05, 4.69) is 48.1 Å². The Morgan fingerprint density at radius 2 is 1.75 bits per heavy atom. The van der Waals surface area contributed by atoms with Crippen LogP contribution in [0.1, 0.15) is 27.7 Å². The monoisotopic (exact) mass is 371 g/mol. The van der Waals surface area contributed by atoms with Crippen molar-refractivity contribution in [1.82, 2.24) is 14.8 Å². The molecule has 0 N–H and O–H groups in total. The smallest absolute Gasteiger partial charge is 0.272 e. The van der Waals surface area contributed by atoms with Crippen molar-refractivity contribution in [3.05, 3.63) is 77.5 Å². The molecular formula is C24H25N3O. The first-order valence-corrected chi connectivity index (χ1v) is 10.0. The molecule has 3 aromatic rings. The molecule has 2 saturated heterocycles. The quantitative estimate of drug-likeness (QED) is 0.685. The summed E-state index contributed by atoms with van der Waals surface area (Å²) in [6.45, 7) is 4.86. The second kappa shape index (κ2) is 6.71. The number of hydrogen-bond acceptors (Lipinski definition) is 3. The summed E-state index contributed by atoms with van der Waals surface area (Å²) >= 11 is 0. The van der Waals surface area contributed by atoms with E-state index in [1.165, 1.54) is 11.1 Å². The maximum absolute atomic E-state index is 13.2. The fourth-order valence-corrected chi connectivity index (χ4v) is 5.16. The van der Waals surface area contributed by atoms with E-state index in [1.54, 1.807) is 0 Å². The Labute approximate surface area is 165 Å². The molecular weight excluding hydrogens is 346 g/mol. The van der Waals surface area contributed by atoms with Crippen LogP contribution in [0.3, 0.4) is 0 Å². The first kappa shape index (κ1) is 17.4. The maximum Gasteiger partial charge on any atom is 0.272 e. The van der Waals surface area contributed by atoms with Crippen molar-refractivity contribution in [2.75, 3.05) is 26.7 Å². The van der Waals surface area contributed by atoms with Crippen LogP contribution in [-0.2, 0) is 0 Å². The second-order valence-electron chi connectivity index (χ2n) is 8.26. The van der Waals surface area contributed by atoms with Crippen molar-refractivity contribution in [3.8, 4) is 0 Å². The van der Waals surface area contributed by atoms with Crippen molar-refractivity contribution >= 4 is 16.8 Å². The molecule has 28 heavy (non-hydrogen) atoms. The molecule has 0 radical (unpaired) electrons. The van der Waals surface area contributed by atoms with Crippen LogP contribution in [-0.4, -0.2) is 47.4 Å². The number of pyridine rings is 1. The summed E-state index contributed by atoms with van der Waals surface area (Å²) in [5.74, 6) is 1.07. The van der Waals surface area contributed by atoms with E-state index < -0.39 is 0 Å². The zero-order valence-electron chi connectivity index (χ0n) is 16.4. The van der Waals surface area contributed by atoms with E-state index in [9.17, 15) is 4.79 Å². The first-order chi connectivity index (χ1) is 13.6. The van der Waals surface area contributed by atoms with Gasteiger partial charge in [-0.15, -0.1) is 0 Å². The average Bonchev–Trinajstić information content (AvgIpc) is 3.24. The molecule has 4 heteroatoms. The summed E-state index contributed by atoms with van der Waals surface area (Å²) in [7, 11) is 2.21. The number of benzene rings is 2. The number of rotatable bonds is 2. The first-order valence-electron chi connectivity index (χ1n) is 10.0. The Bertz CT molecular complexity index is 1050. The minimum absolute atomic E-state index is 0.0614. The molecule has 2 aromatic carbocycles. The van der Waals surface area contributed by atoms with Gasteiger partial charge in [-0.1, -0.05) is 48.5 Å². The molecule has 0 spiro atoms. The molecule has 2 fully saturated rings. The standard InChI is InChI=1S/C24H25N3O/c1-16-7-3-5-9-19(16)23-20-15-27(14-18(20)13-26(23)2)24(28)22-12-11-17-8-4-6-10-21(17)25-22/h3-12,18,20,23H,13-15H2,1-2H3/t18-,20+,23+/m0/s1. The molecule has 0 aliphatic carbocycles. The maximum atomic E-state index is 13.2. The molecule has 0 bridgehead atoms. The Morgan fingerprint density at radius 1 is 0.964 bits per heavy atom. The zero-order chi connectivity index (χ0) is 19.3. The van der Waals surface area contributed by atoms with Crippen LogP contribution in [0.15, 0.2) is 60.7 Å². The molecule has 5 rings (SSSR count). The number of amides is 1. The van der Waals surface area contributed by atoms with Crippen LogP contribution in [0, 0.1) is 18.8 Å². The molecule has 3 heterocycles. The van der Waals surface area contributed by atoms with Crippen molar-refractivity contribution in [3.63, 3.8) is 0 Å². The van der Waals surface area contributed by atoms with Crippen LogP contribution in [0.5, 0.6) is 0 Å². The average molecular weight is 371 g/mol. The van der Waals surface area contributed by atoms with Gasteiger partial charge >= 0.3 is 0 Å². The topological polar surface area (TPSA) is 36.4 Å². The van der Waals surface area contributed by atoms with Gasteiger partial charge in [-0.3, -0.25) is 9.69 Å². The van der Waals surface area contributed by atoms with E-state index in [4.69, 9.17) is 0 Å². The highest BCUT2D eigenvalue weighted by Crippen LogP contribution is 2.45. The fraction of sp³-hybridized carbons (Fsp3) is 0.333. The van der Waals surface area contributed by atoms with Crippen molar-refractivity contribution in [2.24, 2.45) is 11.8 Å². The number of aromatic nitrogens is 1. The number of aryl methyl sites for hydroxylation is 1. The molecule has 1 aromatic heterocycles. The molecule has 0 saturated carbocycles. The summed E-state index contributed by atoms with van der Waals surface area (Å²) in [6.07, 6.45) is 0.